The minimum Gasteiger partial charge on any atom is -0.465 e. The van der Waals surface area contributed by atoms with Gasteiger partial charge in [0.2, 0.25) is 0 Å². The largest absolute Gasteiger partial charge is 0.465 e. The number of ether oxygens (including phenoxy) is 2. The number of amides is 1. The molecule has 3 aromatic carbocycles. The van der Waals surface area contributed by atoms with Crippen molar-refractivity contribution in [3.05, 3.63) is 100 Å². The molecule has 1 atom stereocenters. The fourth-order valence-electron chi connectivity index (χ4n) is 4.69. The van der Waals surface area contributed by atoms with Gasteiger partial charge in [-0.15, -0.1) is 11.3 Å². The summed E-state index contributed by atoms with van der Waals surface area (Å²) in [7, 11) is 0. The average molecular weight is 546 g/mol. The molecule has 0 spiro atoms. The first-order chi connectivity index (χ1) is 18.4. The van der Waals surface area contributed by atoms with Gasteiger partial charge < -0.3 is 9.47 Å². The zero-order valence-corrected chi connectivity index (χ0v) is 22.8. The molecule has 4 aromatic rings. The van der Waals surface area contributed by atoms with Crippen molar-refractivity contribution in [1.82, 2.24) is 0 Å². The highest BCUT2D eigenvalue weighted by Crippen LogP contribution is 2.51. The summed E-state index contributed by atoms with van der Waals surface area (Å²) in [5.74, 6) is -0.180. The minimum absolute atomic E-state index is 0.180. The molecule has 5 rings (SSSR count). The summed E-state index contributed by atoms with van der Waals surface area (Å²) in [6.07, 6.45) is 0.433. The number of carbonyl (C=O) groups is 2. The first-order valence-electron chi connectivity index (χ1n) is 12.6. The molecule has 1 aromatic heterocycles. The van der Waals surface area contributed by atoms with Crippen LogP contribution in [0.25, 0.3) is 21.6 Å². The molecule has 0 bridgehead atoms. The normalized spacial score (nSPS) is 14.4. The number of hydrogen-bond donors (Lipinski definition) is 1. The second-order valence-electron chi connectivity index (χ2n) is 9.29. The molecule has 1 aliphatic rings. The quantitative estimate of drug-likeness (QED) is 0.225. The van der Waals surface area contributed by atoms with E-state index in [4.69, 9.17) is 21.1 Å². The Kier molecular flexibility index (Phi) is 7.54. The van der Waals surface area contributed by atoms with E-state index in [9.17, 15) is 9.59 Å². The number of hydrogen-bond acceptors (Lipinski definition) is 5. The molecule has 7 heteroatoms. The molecule has 1 unspecified atom stereocenters. The molecule has 1 N–H and O–H groups in total. The number of anilines is 1. The Labute approximate surface area is 231 Å². The highest BCUT2D eigenvalue weighted by molar-refractivity contribution is 7.14. The van der Waals surface area contributed by atoms with E-state index in [-0.39, 0.29) is 5.97 Å². The van der Waals surface area contributed by atoms with Gasteiger partial charge in [0.15, 0.2) is 0 Å². The third-order valence-electron chi connectivity index (χ3n) is 6.85. The fourth-order valence-corrected chi connectivity index (χ4v) is 5.86. The van der Waals surface area contributed by atoms with Crippen molar-refractivity contribution >= 4 is 40.7 Å². The molecular weight excluding hydrogens is 518 g/mol. The Balaban J connectivity index is 1.48. The Bertz CT molecular complexity index is 1460. The third kappa shape index (κ3) is 5.19. The van der Waals surface area contributed by atoms with Crippen LogP contribution < -0.4 is 5.32 Å². The number of esters is 1. The highest BCUT2D eigenvalue weighted by atomic mass is 35.5. The van der Waals surface area contributed by atoms with Gasteiger partial charge in [-0.05, 0) is 67.0 Å². The molecule has 1 saturated carbocycles. The highest BCUT2D eigenvalue weighted by Gasteiger charge is 2.53. The maximum absolute atomic E-state index is 12.9. The molecule has 1 amide bonds. The molecule has 0 aliphatic heterocycles. The Morgan fingerprint density at radius 3 is 2.45 bits per heavy atom. The van der Waals surface area contributed by atoms with Gasteiger partial charge in [0.1, 0.15) is 6.10 Å². The molecule has 0 radical (unpaired) electrons. The lowest BCUT2D eigenvalue weighted by Crippen LogP contribution is -2.23. The predicted octanol–water partition coefficient (Wildman–Crippen LogP) is 8.64. The van der Waals surface area contributed by atoms with Crippen molar-refractivity contribution in [2.24, 2.45) is 0 Å². The van der Waals surface area contributed by atoms with E-state index < -0.39 is 17.6 Å². The number of benzene rings is 3. The summed E-state index contributed by atoms with van der Waals surface area (Å²) in [4.78, 5) is 26.6. The van der Waals surface area contributed by atoms with Gasteiger partial charge in [0.05, 0.1) is 22.6 Å². The molecule has 1 fully saturated rings. The van der Waals surface area contributed by atoms with Crippen LogP contribution >= 0.6 is 22.9 Å². The van der Waals surface area contributed by atoms with Crippen molar-refractivity contribution < 1.29 is 19.1 Å². The van der Waals surface area contributed by atoms with Crippen LogP contribution in [-0.4, -0.2) is 18.7 Å². The van der Waals surface area contributed by atoms with Gasteiger partial charge in [-0.25, -0.2) is 4.79 Å². The number of halogens is 1. The average Bonchev–Trinajstić information content (AvgIpc) is 3.62. The van der Waals surface area contributed by atoms with Gasteiger partial charge in [-0.1, -0.05) is 72.3 Å². The van der Waals surface area contributed by atoms with E-state index >= 15 is 0 Å². The lowest BCUT2D eigenvalue weighted by Gasteiger charge is -2.19. The van der Waals surface area contributed by atoms with E-state index in [0.717, 1.165) is 45.5 Å². The maximum Gasteiger partial charge on any atom is 0.412 e. The molecule has 0 saturated heterocycles. The number of thiophene rings is 1. The second-order valence-corrected chi connectivity index (χ2v) is 10.6. The van der Waals surface area contributed by atoms with Crippen molar-refractivity contribution in [3.8, 4) is 21.6 Å². The monoisotopic (exact) mass is 545 g/mol. The predicted molar refractivity (Wildman–Crippen MR) is 153 cm³/mol. The molecule has 5 nitrogen and oxygen atoms in total. The van der Waals surface area contributed by atoms with Crippen LogP contribution in [0.3, 0.4) is 0 Å². The summed E-state index contributed by atoms with van der Waals surface area (Å²) in [5.41, 5.74) is 4.70. The van der Waals surface area contributed by atoms with Crippen LogP contribution in [0, 0.1) is 0 Å². The zero-order valence-electron chi connectivity index (χ0n) is 21.2. The van der Waals surface area contributed by atoms with E-state index in [2.05, 4.69) is 29.6 Å². The summed E-state index contributed by atoms with van der Waals surface area (Å²) in [6, 6.07) is 25.4. The summed E-state index contributed by atoms with van der Waals surface area (Å²) in [6.45, 7) is 3.97. The third-order valence-corrected chi connectivity index (χ3v) is 8.14. The van der Waals surface area contributed by atoms with E-state index in [1.165, 1.54) is 11.3 Å². The lowest BCUT2D eigenvalue weighted by atomic mass is 9.89. The molecule has 1 aliphatic carbocycles. The van der Waals surface area contributed by atoms with Crippen molar-refractivity contribution in [2.75, 3.05) is 11.9 Å². The van der Waals surface area contributed by atoms with Crippen LogP contribution in [0.4, 0.5) is 10.5 Å². The summed E-state index contributed by atoms with van der Waals surface area (Å²) >= 11 is 7.80. The summed E-state index contributed by atoms with van der Waals surface area (Å²) in [5, 5.41) is 5.40. The maximum atomic E-state index is 12.9. The van der Waals surface area contributed by atoms with Crippen molar-refractivity contribution in [2.45, 2.75) is 38.2 Å². The SMILES string of the molecule is CCOC(=O)C1(c2ccc(-c3ccccc3)c(-c3sccc3NC(=O)OC(C)c3ccccc3Cl)c2)CC1. The Morgan fingerprint density at radius 1 is 1.00 bits per heavy atom. The van der Waals surface area contributed by atoms with Gasteiger partial charge in [0, 0.05) is 16.1 Å². The smallest absolute Gasteiger partial charge is 0.412 e. The number of rotatable bonds is 8. The van der Waals surface area contributed by atoms with E-state index in [0.29, 0.717) is 17.3 Å². The molecular formula is C31H28ClNO4S. The standard InChI is InChI=1S/C31H28ClNO4S/c1-3-36-29(34)31(16-17-31)22-13-14-24(21-9-5-4-6-10-21)25(19-22)28-27(15-18-38-28)33-30(35)37-20(2)23-11-7-8-12-26(23)32/h4-15,18-20H,3,16-17H2,1-2H3,(H,33,35). The Hall–Kier alpha value is -3.61. The Morgan fingerprint density at radius 2 is 1.74 bits per heavy atom. The van der Waals surface area contributed by atoms with Crippen molar-refractivity contribution in [1.29, 1.82) is 0 Å². The topological polar surface area (TPSA) is 64.6 Å². The molecule has 194 valence electrons. The van der Waals surface area contributed by atoms with Gasteiger partial charge in [-0.3, -0.25) is 10.1 Å². The molecule has 38 heavy (non-hydrogen) atoms. The van der Waals surface area contributed by atoms with Gasteiger partial charge in [-0.2, -0.15) is 0 Å². The van der Waals surface area contributed by atoms with Crippen LogP contribution in [-0.2, 0) is 19.7 Å². The first kappa shape index (κ1) is 26.0. The lowest BCUT2D eigenvalue weighted by molar-refractivity contribution is -0.146. The van der Waals surface area contributed by atoms with Gasteiger partial charge in [0.25, 0.3) is 0 Å². The van der Waals surface area contributed by atoms with Crippen molar-refractivity contribution in [3.63, 3.8) is 0 Å². The van der Waals surface area contributed by atoms with Crippen LogP contribution in [0.2, 0.25) is 5.02 Å². The summed E-state index contributed by atoms with van der Waals surface area (Å²) < 4.78 is 11.1. The number of carbonyl (C=O) groups excluding carboxylic acids is 2. The minimum atomic E-state index is -0.603. The van der Waals surface area contributed by atoms with Crippen LogP contribution in [0.15, 0.2) is 84.2 Å². The van der Waals surface area contributed by atoms with E-state index in [1.807, 2.05) is 60.8 Å². The van der Waals surface area contributed by atoms with E-state index in [1.54, 1.807) is 13.0 Å². The van der Waals surface area contributed by atoms with Crippen LogP contribution in [0.5, 0.6) is 0 Å². The second kappa shape index (κ2) is 11.0. The van der Waals surface area contributed by atoms with Gasteiger partial charge >= 0.3 is 12.1 Å². The fraction of sp³-hybridized carbons (Fsp3) is 0.226. The number of nitrogens with one attached hydrogen (secondary N) is 1. The van der Waals surface area contributed by atoms with Crippen LogP contribution in [0.1, 0.15) is 43.9 Å². The molecule has 1 heterocycles. The first-order valence-corrected chi connectivity index (χ1v) is 13.9. The zero-order chi connectivity index (χ0) is 26.7.